The minimum absolute atomic E-state index is 0.413. The highest BCUT2D eigenvalue weighted by atomic mass is 32.2. The molecular weight excluding hydrogens is 258 g/mol. The molecule has 98 valence electrons. The van der Waals surface area contributed by atoms with Gasteiger partial charge in [0.1, 0.15) is 0 Å². The lowest BCUT2D eigenvalue weighted by Crippen LogP contribution is -2.19. The van der Waals surface area contributed by atoms with Crippen molar-refractivity contribution in [2.24, 2.45) is 0 Å². The number of carboxylic acids is 1. The summed E-state index contributed by atoms with van der Waals surface area (Å²) in [7, 11) is -3.62. The average Bonchev–Trinajstić information content (AvgIpc) is 2.73. The van der Waals surface area contributed by atoms with Crippen LogP contribution in [0.25, 0.3) is 0 Å². The molecule has 18 heavy (non-hydrogen) atoms. The number of sulfonamides is 1. The van der Waals surface area contributed by atoms with Gasteiger partial charge in [-0.1, -0.05) is 6.07 Å². The number of nitrogens with one attached hydrogen (secondary N) is 1. The van der Waals surface area contributed by atoms with Crippen LogP contribution in [0.5, 0.6) is 0 Å². The molecule has 1 aliphatic heterocycles. The van der Waals surface area contributed by atoms with Gasteiger partial charge in [0.25, 0.3) is 0 Å². The largest absolute Gasteiger partial charge is 0.481 e. The predicted molar refractivity (Wildman–Crippen MR) is 64.6 cm³/mol. The third-order valence-corrected chi connectivity index (χ3v) is 3.87. The van der Waals surface area contributed by atoms with E-state index in [2.05, 4.69) is 4.72 Å². The van der Waals surface area contributed by atoms with E-state index < -0.39 is 28.2 Å². The van der Waals surface area contributed by atoms with Gasteiger partial charge in [-0.2, -0.15) is 0 Å². The Balaban J connectivity index is 2.07. The molecule has 0 aliphatic carbocycles. The van der Waals surface area contributed by atoms with Crippen LogP contribution in [0.15, 0.2) is 18.2 Å². The number of ether oxygens (including phenoxy) is 1. The Morgan fingerprint density at radius 1 is 1.33 bits per heavy atom. The minimum Gasteiger partial charge on any atom is -0.481 e. The van der Waals surface area contributed by atoms with Crippen molar-refractivity contribution in [1.29, 1.82) is 0 Å². The quantitative estimate of drug-likeness (QED) is 0.831. The number of anilines is 1. The van der Waals surface area contributed by atoms with E-state index in [9.17, 15) is 13.2 Å². The fourth-order valence-corrected chi connectivity index (χ4v) is 2.72. The summed E-state index contributed by atoms with van der Waals surface area (Å²) in [6, 6.07) is 5.16. The van der Waals surface area contributed by atoms with Crippen molar-refractivity contribution < 1.29 is 23.1 Å². The van der Waals surface area contributed by atoms with Gasteiger partial charge in [0.05, 0.1) is 25.4 Å². The smallest absolute Gasteiger partial charge is 0.304 e. The van der Waals surface area contributed by atoms with E-state index in [1.54, 1.807) is 18.2 Å². The van der Waals surface area contributed by atoms with Crippen molar-refractivity contribution in [3.63, 3.8) is 0 Å². The Bertz CT molecular complexity index is 567. The van der Waals surface area contributed by atoms with E-state index >= 15 is 0 Å². The Morgan fingerprint density at radius 3 is 2.78 bits per heavy atom. The Kier molecular flexibility index (Phi) is 3.53. The molecule has 0 aromatic heterocycles. The molecule has 0 atom stereocenters. The number of carbonyl (C=O) groups is 1. The summed E-state index contributed by atoms with van der Waals surface area (Å²) in [5.41, 5.74) is 2.43. The summed E-state index contributed by atoms with van der Waals surface area (Å²) in [5.74, 6) is -1.57. The number of hydrogen-bond acceptors (Lipinski definition) is 4. The van der Waals surface area contributed by atoms with Crippen LogP contribution in [-0.4, -0.2) is 25.2 Å². The molecule has 0 unspecified atom stereocenters. The SMILES string of the molecule is O=C(O)CCS(=O)(=O)Nc1ccc2c(c1)COC2. The first-order valence-corrected chi connectivity index (χ1v) is 7.03. The fraction of sp³-hybridized carbons (Fsp3) is 0.364. The van der Waals surface area contributed by atoms with E-state index in [1.165, 1.54) is 0 Å². The predicted octanol–water partition coefficient (Wildman–Crippen LogP) is 0.933. The Labute approximate surface area is 105 Å². The van der Waals surface area contributed by atoms with Crippen molar-refractivity contribution >= 4 is 21.7 Å². The third kappa shape index (κ3) is 3.21. The summed E-state index contributed by atoms with van der Waals surface area (Å²) in [6.45, 7) is 1.02. The zero-order chi connectivity index (χ0) is 13.2. The van der Waals surface area contributed by atoms with E-state index in [0.717, 1.165) is 11.1 Å². The van der Waals surface area contributed by atoms with E-state index in [4.69, 9.17) is 9.84 Å². The van der Waals surface area contributed by atoms with Gasteiger partial charge in [-0.3, -0.25) is 9.52 Å². The monoisotopic (exact) mass is 271 g/mol. The van der Waals surface area contributed by atoms with Gasteiger partial charge in [0.15, 0.2) is 0 Å². The highest BCUT2D eigenvalue weighted by molar-refractivity contribution is 7.92. The first kappa shape index (κ1) is 12.8. The minimum atomic E-state index is -3.62. The highest BCUT2D eigenvalue weighted by Gasteiger charge is 2.15. The average molecular weight is 271 g/mol. The van der Waals surface area contributed by atoms with Crippen LogP contribution >= 0.6 is 0 Å². The molecule has 1 heterocycles. The van der Waals surface area contributed by atoms with Gasteiger partial charge in [-0.25, -0.2) is 8.42 Å². The maximum absolute atomic E-state index is 11.6. The number of carboxylic acid groups (broad SMARTS) is 1. The number of benzene rings is 1. The van der Waals surface area contributed by atoms with Crippen molar-refractivity contribution in [3.05, 3.63) is 29.3 Å². The molecule has 1 aromatic carbocycles. The first-order valence-electron chi connectivity index (χ1n) is 5.38. The number of rotatable bonds is 5. The maximum Gasteiger partial charge on any atom is 0.304 e. The van der Waals surface area contributed by atoms with Gasteiger partial charge in [-0.15, -0.1) is 0 Å². The van der Waals surface area contributed by atoms with Crippen molar-refractivity contribution in [3.8, 4) is 0 Å². The van der Waals surface area contributed by atoms with Gasteiger partial charge >= 0.3 is 5.97 Å². The van der Waals surface area contributed by atoms with Crippen molar-refractivity contribution in [2.45, 2.75) is 19.6 Å². The van der Waals surface area contributed by atoms with Crippen molar-refractivity contribution in [1.82, 2.24) is 0 Å². The van der Waals surface area contributed by atoms with Crippen LogP contribution in [0.4, 0.5) is 5.69 Å². The third-order valence-electron chi connectivity index (χ3n) is 2.58. The molecule has 0 spiro atoms. The van der Waals surface area contributed by atoms with Crippen LogP contribution in [-0.2, 0) is 32.8 Å². The van der Waals surface area contributed by atoms with Crippen LogP contribution in [0, 0.1) is 0 Å². The van der Waals surface area contributed by atoms with Crippen LogP contribution < -0.4 is 4.72 Å². The number of hydrogen-bond donors (Lipinski definition) is 2. The lowest BCUT2D eigenvalue weighted by Gasteiger charge is -2.08. The second-order valence-corrected chi connectivity index (χ2v) is 5.88. The van der Waals surface area contributed by atoms with Crippen molar-refractivity contribution in [2.75, 3.05) is 10.5 Å². The topological polar surface area (TPSA) is 92.7 Å². The van der Waals surface area contributed by atoms with E-state index in [-0.39, 0.29) is 0 Å². The Morgan fingerprint density at radius 2 is 2.06 bits per heavy atom. The molecule has 6 nitrogen and oxygen atoms in total. The summed E-state index contributed by atoms with van der Waals surface area (Å²) in [5, 5.41) is 8.46. The number of fused-ring (bicyclic) bond motifs is 1. The second-order valence-electron chi connectivity index (χ2n) is 4.04. The lowest BCUT2D eigenvalue weighted by atomic mass is 10.1. The molecule has 2 N–H and O–H groups in total. The standard InChI is InChI=1S/C11H13NO5S/c13-11(14)3-4-18(15,16)12-10-2-1-8-6-17-7-9(8)5-10/h1-2,5,12H,3-4,6-7H2,(H,13,14). The molecule has 1 aliphatic rings. The van der Waals surface area contributed by atoms with E-state index in [0.29, 0.717) is 18.9 Å². The number of aliphatic carboxylic acids is 1. The molecular formula is C11H13NO5S. The summed E-state index contributed by atoms with van der Waals surface area (Å²) in [4.78, 5) is 10.3. The summed E-state index contributed by atoms with van der Waals surface area (Å²) < 4.78 is 30.8. The van der Waals surface area contributed by atoms with Gasteiger partial charge in [0, 0.05) is 5.69 Å². The lowest BCUT2D eigenvalue weighted by molar-refractivity contribution is -0.136. The molecule has 0 saturated carbocycles. The molecule has 2 rings (SSSR count). The molecule has 1 aromatic rings. The molecule has 0 radical (unpaired) electrons. The maximum atomic E-state index is 11.6. The molecule has 0 fully saturated rings. The summed E-state index contributed by atoms with van der Waals surface area (Å²) >= 11 is 0. The fourth-order valence-electron chi connectivity index (χ4n) is 1.69. The zero-order valence-corrected chi connectivity index (χ0v) is 10.4. The summed E-state index contributed by atoms with van der Waals surface area (Å²) in [6.07, 6.45) is -0.413. The van der Waals surface area contributed by atoms with E-state index in [1.807, 2.05) is 0 Å². The second kappa shape index (κ2) is 4.95. The normalized spacial score (nSPS) is 14.2. The molecule has 7 heteroatoms. The molecule has 0 bridgehead atoms. The van der Waals surface area contributed by atoms with Crippen LogP contribution in [0.2, 0.25) is 0 Å². The molecule has 0 saturated heterocycles. The zero-order valence-electron chi connectivity index (χ0n) is 9.55. The Hall–Kier alpha value is -1.60. The van der Waals surface area contributed by atoms with Crippen LogP contribution in [0.3, 0.4) is 0 Å². The first-order chi connectivity index (χ1) is 8.46. The molecule has 0 amide bonds. The van der Waals surface area contributed by atoms with Crippen LogP contribution in [0.1, 0.15) is 17.5 Å². The van der Waals surface area contributed by atoms with Gasteiger partial charge < -0.3 is 9.84 Å². The van der Waals surface area contributed by atoms with Gasteiger partial charge in [-0.05, 0) is 23.3 Å². The van der Waals surface area contributed by atoms with Gasteiger partial charge in [0.2, 0.25) is 10.0 Å². The highest BCUT2D eigenvalue weighted by Crippen LogP contribution is 2.23.